The van der Waals surface area contributed by atoms with Gasteiger partial charge in [-0.15, -0.1) is 5.10 Å². The fourth-order valence-corrected chi connectivity index (χ4v) is 5.10. The lowest BCUT2D eigenvalue weighted by atomic mass is 10.1. The molecule has 1 saturated heterocycles. The number of amidine groups is 1. The lowest BCUT2D eigenvalue weighted by molar-refractivity contribution is 0.0754. The Kier molecular flexibility index (Phi) is 6.02. The predicted molar refractivity (Wildman–Crippen MR) is 137 cm³/mol. The van der Waals surface area contributed by atoms with E-state index < -0.39 is 5.54 Å². The van der Waals surface area contributed by atoms with Crippen molar-refractivity contribution in [3.05, 3.63) is 102 Å². The van der Waals surface area contributed by atoms with Gasteiger partial charge in [-0.1, -0.05) is 90.6 Å². The standard InChI is InChI=1S/C27H25N5OS/c1-27(2)19-34-26(28-18-20-12-6-3-7-13-20)31(27)25(33)23-29-24(21-14-8-4-9-15-21)32(30-23)22-16-10-5-11-17-22/h3-17H,18-19H2,1-2H3. The number of thioether (sulfide) groups is 1. The third kappa shape index (κ3) is 4.39. The third-order valence-corrected chi connectivity index (χ3v) is 7.05. The van der Waals surface area contributed by atoms with Crippen molar-refractivity contribution in [3.8, 4) is 17.1 Å². The van der Waals surface area contributed by atoms with Gasteiger partial charge in [0, 0.05) is 11.3 Å². The molecule has 4 aromatic rings. The van der Waals surface area contributed by atoms with Crippen LogP contribution in [0, 0.1) is 0 Å². The molecule has 34 heavy (non-hydrogen) atoms. The number of carbonyl (C=O) groups is 1. The lowest BCUT2D eigenvalue weighted by Crippen LogP contribution is -2.46. The molecule has 0 N–H and O–H groups in total. The summed E-state index contributed by atoms with van der Waals surface area (Å²) in [7, 11) is 0. The van der Waals surface area contributed by atoms with Gasteiger partial charge < -0.3 is 0 Å². The van der Waals surface area contributed by atoms with Gasteiger partial charge in [0.25, 0.3) is 5.91 Å². The minimum atomic E-state index is -0.400. The number of aliphatic imine (C=N–C) groups is 1. The predicted octanol–water partition coefficient (Wildman–Crippen LogP) is 5.46. The Bertz CT molecular complexity index is 1260. The normalized spacial score (nSPS) is 16.2. The summed E-state index contributed by atoms with van der Waals surface area (Å²) in [5.41, 5.74) is 2.44. The fourth-order valence-electron chi connectivity index (χ4n) is 3.88. The summed E-state index contributed by atoms with van der Waals surface area (Å²) in [6, 6.07) is 29.6. The van der Waals surface area contributed by atoms with Crippen LogP contribution in [-0.4, -0.2) is 42.0 Å². The molecular weight excluding hydrogens is 442 g/mol. The van der Waals surface area contributed by atoms with Crippen LogP contribution in [0.2, 0.25) is 0 Å². The van der Waals surface area contributed by atoms with Crippen LogP contribution in [0.15, 0.2) is 96.0 Å². The Morgan fingerprint density at radius 2 is 1.56 bits per heavy atom. The molecule has 0 spiro atoms. The van der Waals surface area contributed by atoms with E-state index in [0.29, 0.717) is 17.5 Å². The molecule has 0 radical (unpaired) electrons. The van der Waals surface area contributed by atoms with Crippen LogP contribution in [0.3, 0.4) is 0 Å². The van der Waals surface area contributed by atoms with Crippen molar-refractivity contribution in [2.24, 2.45) is 4.99 Å². The summed E-state index contributed by atoms with van der Waals surface area (Å²) in [5, 5.41) is 5.37. The molecule has 7 heteroatoms. The van der Waals surface area contributed by atoms with Crippen LogP contribution < -0.4 is 0 Å². The molecule has 0 bridgehead atoms. The van der Waals surface area contributed by atoms with Gasteiger partial charge in [-0.3, -0.25) is 14.7 Å². The zero-order chi connectivity index (χ0) is 23.5. The first-order valence-electron chi connectivity index (χ1n) is 11.2. The number of nitrogens with zero attached hydrogens (tertiary/aromatic N) is 5. The fraction of sp³-hybridized carbons (Fsp3) is 0.185. The van der Waals surface area contributed by atoms with Gasteiger partial charge >= 0.3 is 0 Å². The topological polar surface area (TPSA) is 63.4 Å². The second kappa shape index (κ2) is 9.27. The van der Waals surface area contributed by atoms with Gasteiger partial charge in [0.15, 0.2) is 11.0 Å². The van der Waals surface area contributed by atoms with Gasteiger partial charge in [0.2, 0.25) is 5.82 Å². The van der Waals surface area contributed by atoms with Gasteiger partial charge in [0.05, 0.1) is 17.8 Å². The number of para-hydroxylation sites is 1. The van der Waals surface area contributed by atoms with Crippen molar-refractivity contribution in [2.45, 2.75) is 25.9 Å². The minimum absolute atomic E-state index is 0.158. The highest BCUT2D eigenvalue weighted by molar-refractivity contribution is 8.14. The van der Waals surface area contributed by atoms with E-state index in [2.05, 4.69) is 18.9 Å². The second-order valence-electron chi connectivity index (χ2n) is 8.70. The number of rotatable bonds is 5. The zero-order valence-corrected chi connectivity index (χ0v) is 19.9. The summed E-state index contributed by atoms with van der Waals surface area (Å²) in [6.07, 6.45) is 0. The number of amides is 1. The van der Waals surface area contributed by atoms with E-state index >= 15 is 0 Å². The van der Waals surface area contributed by atoms with E-state index in [-0.39, 0.29) is 11.7 Å². The first-order chi connectivity index (χ1) is 16.5. The molecule has 1 aliphatic rings. The molecule has 170 valence electrons. The Labute approximate surface area is 203 Å². The molecule has 1 amide bonds. The molecular formula is C27H25N5OS. The molecule has 0 saturated carbocycles. The summed E-state index contributed by atoms with van der Waals surface area (Å²) >= 11 is 1.60. The van der Waals surface area contributed by atoms with E-state index in [1.165, 1.54) is 0 Å². The maximum absolute atomic E-state index is 13.8. The first kappa shape index (κ1) is 22.1. The highest BCUT2D eigenvalue weighted by Gasteiger charge is 2.43. The van der Waals surface area contributed by atoms with Gasteiger partial charge in [-0.2, -0.15) is 0 Å². The Balaban J connectivity index is 1.53. The summed E-state index contributed by atoms with van der Waals surface area (Å²) in [5.74, 6) is 1.30. The van der Waals surface area contributed by atoms with E-state index in [0.717, 1.165) is 22.6 Å². The summed E-state index contributed by atoms with van der Waals surface area (Å²) in [4.78, 5) is 25.1. The van der Waals surface area contributed by atoms with E-state index in [1.54, 1.807) is 21.3 Å². The van der Waals surface area contributed by atoms with Crippen LogP contribution in [0.5, 0.6) is 0 Å². The van der Waals surface area contributed by atoms with E-state index in [1.807, 2.05) is 91.0 Å². The molecule has 1 aromatic heterocycles. The van der Waals surface area contributed by atoms with Crippen LogP contribution in [0.4, 0.5) is 0 Å². The highest BCUT2D eigenvalue weighted by Crippen LogP contribution is 2.34. The van der Waals surface area contributed by atoms with Crippen molar-refractivity contribution in [1.29, 1.82) is 0 Å². The second-order valence-corrected chi connectivity index (χ2v) is 9.64. The van der Waals surface area contributed by atoms with Crippen LogP contribution in [0.25, 0.3) is 17.1 Å². The number of benzene rings is 3. The molecule has 1 fully saturated rings. The van der Waals surface area contributed by atoms with Crippen molar-refractivity contribution >= 4 is 22.8 Å². The van der Waals surface area contributed by atoms with Crippen LogP contribution >= 0.6 is 11.8 Å². The Morgan fingerprint density at radius 3 is 2.24 bits per heavy atom. The van der Waals surface area contributed by atoms with Crippen LogP contribution in [-0.2, 0) is 6.54 Å². The maximum Gasteiger partial charge on any atom is 0.300 e. The number of carbonyl (C=O) groups excluding carboxylic acids is 1. The molecule has 3 aromatic carbocycles. The van der Waals surface area contributed by atoms with Crippen molar-refractivity contribution in [1.82, 2.24) is 19.7 Å². The highest BCUT2D eigenvalue weighted by atomic mass is 32.2. The molecule has 0 unspecified atom stereocenters. The maximum atomic E-state index is 13.8. The molecule has 0 atom stereocenters. The SMILES string of the molecule is CC1(C)CSC(=NCc2ccccc2)N1C(=O)c1nc(-c2ccccc2)n(-c2ccccc2)n1. The average molecular weight is 468 g/mol. The molecule has 6 nitrogen and oxygen atoms in total. The van der Waals surface area contributed by atoms with E-state index in [4.69, 9.17) is 9.98 Å². The molecule has 0 aliphatic carbocycles. The first-order valence-corrected chi connectivity index (χ1v) is 12.2. The monoisotopic (exact) mass is 467 g/mol. The zero-order valence-electron chi connectivity index (χ0n) is 19.1. The Hall–Kier alpha value is -3.71. The average Bonchev–Trinajstić information content (AvgIpc) is 3.45. The molecule has 5 rings (SSSR count). The van der Waals surface area contributed by atoms with Crippen molar-refractivity contribution in [3.63, 3.8) is 0 Å². The number of hydrogen-bond donors (Lipinski definition) is 0. The quantitative estimate of drug-likeness (QED) is 0.391. The van der Waals surface area contributed by atoms with Crippen molar-refractivity contribution < 1.29 is 4.79 Å². The Morgan fingerprint density at radius 1 is 0.941 bits per heavy atom. The molecule has 2 heterocycles. The van der Waals surface area contributed by atoms with E-state index in [9.17, 15) is 4.79 Å². The largest absolute Gasteiger partial charge is 0.300 e. The minimum Gasteiger partial charge on any atom is -0.278 e. The van der Waals surface area contributed by atoms with Gasteiger partial charge in [-0.05, 0) is 31.5 Å². The summed E-state index contributed by atoms with van der Waals surface area (Å²) in [6.45, 7) is 4.62. The smallest absolute Gasteiger partial charge is 0.278 e. The van der Waals surface area contributed by atoms with Gasteiger partial charge in [-0.25, -0.2) is 9.67 Å². The van der Waals surface area contributed by atoms with Crippen molar-refractivity contribution in [2.75, 3.05) is 5.75 Å². The third-order valence-electron chi connectivity index (χ3n) is 5.63. The molecule has 1 aliphatic heterocycles. The van der Waals surface area contributed by atoms with Gasteiger partial charge in [0.1, 0.15) is 0 Å². The van der Waals surface area contributed by atoms with Crippen LogP contribution in [0.1, 0.15) is 30.0 Å². The summed E-state index contributed by atoms with van der Waals surface area (Å²) < 4.78 is 1.74. The lowest BCUT2D eigenvalue weighted by Gasteiger charge is -2.29. The number of hydrogen-bond acceptors (Lipinski definition) is 5. The number of aromatic nitrogens is 3.